The molecule has 0 rings (SSSR count). The van der Waals surface area contributed by atoms with Gasteiger partial charge >= 0.3 is 17.9 Å². The van der Waals surface area contributed by atoms with E-state index in [9.17, 15) is 29.4 Å². The lowest BCUT2D eigenvalue weighted by Crippen LogP contribution is -2.45. The van der Waals surface area contributed by atoms with Crippen molar-refractivity contribution >= 4 is 23.8 Å². The number of nitrogens with zero attached hydrogens (tertiary/aromatic N) is 1. The lowest BCUT2D eigenvalue weighted by atomic mass is 10.0. The fourth-order valence-corrected chi connectivity index (χ4v) is 5.95. The van der Waals surface area contributed by atoms with Gasteiger partial charge in [0.05, 0.1) is 0 Å². The maximum absolute atomic E-state index is 12.7. The molecule has 270 valence electrons. The van der Waals surface area contributed by atoms with Crippen LogP contribution in [0.5, 0.6) is 0 Å². The van der Waals surface area contributed by atoms with E-state index < -0.39 is 41.9 Å². The summed E-state index contributed by atoms with van der Waals surface area (Å²) < 4.78 is 0. The molecule has 3 atom stereocenters. The number of amides is 1. The lowest BCUT2D eigenvalue weighted by molar-refractivity contribution is -0.145. The average molecular weight is 656 g/mol. The van der Waals surface area contributed by atoms with Crippen LogP contribution in [0.3, 0.4) is 0 Å². The molecule has 10 nitrogen and oxygen atoms in total. The molecule has 0 heterocycles. The Kier molecular flexibility index (Phi) is 28.7. The molecule has 0 aliphatic heterocycles. The Bertz CT molecular complexity index is 772. The Labute approximate surface area is 279 Å². The van der Waals surface area contributed by atoms with Gasteiger partial charge in [0.25, 0.3) is 0 Å². The fraction of sp³-hybridized carbons (Fsp3) is 0.889. The van der Waals surface area contributed by atoms with Gasteiger partial charge in [-0.3, -0.25) is 19.3 Å². The van der Waals surface area contributed by atoms with Crippen LogP contribution in [0, 0.1) is 0 Å². The number of unbranched alkanes of at least 4 members (excludes halogenated alkanes) is 18. The van der Waals surface area contributed by atoms with Gasteiger partial charge in [-0.25, -0.2) is 4.79 Å². The highest BCUT2D eigenvalue weighted by Crippen LogP contribution is 2.16. The molecule has 0 radical (unpaired) electrons. The molecule has 3 unspecified atom stereocenters. The predicted octanol–water partition coefficient (Wildman–Crippen LogP) is 7.52. The molecule has 0 spiro atoms. The number of carboxylic acids is 3. The minimum atomic E-state index is -1.21. The van der Waals surface area contributed by atoms with E-state index in [-0.39, 0.29) is 32.1 Å². The van der Waals surface area contributed by atoms with Crippen LogP contribution in [-0.2, 0) is 19.2 Å². The molecule has 0 aromatic carbocycles. The van der Waals surface area contributed by atoms with Gasteiger partial charge in [-0.15, -0.1) is 0 Å². The van der Waals surface area contributed by atoms with E-state index in [1.807, 2.05) is 4.90 Å². The van der Waals surface area contributed by atoms with Gasteiger partial charge in [-0.2, -0.15) is 0 Å². The van der Waals surface area contributed by atoms with Crippen LogP contribution in [0.15, 0.2) is 0 Å². The van der Waals surface area contributed by atoms with E-state index in [4.69, 9.17) is 10.8 Å². The smallest absolute Gasteiger partial charge is 0.326 e. The summed E-state index contributed by atoms with van der Waals surface area (Å²) in [6, 6.07) is -3.07. The van der Waals surface area contributed by atoms with E-state index in [1.54, 1.807) is 0 Å². The van der Waals surface area contributed by atoms with E-state index in [0.29, 0.717) is 13.1 Å². The van der Waals surface area contributed by atoms with Crippen LogP contribution in [0.4, 0.5) is 0 Å². The van der Waals surface area contributed by atoms with Crippen molar-refractivity contribution in [1.82, 2.24) is 10.2 Å². The Morgan fingerprint density at radius 2 is 0.957 bits per heavy atom. The zero-order chi connectivity index (χ0) is 34.4. The lowest BCUT2D eigenvalue weighted by Gasteiger charge is -2.29. The third kappa shape index (κ3) is 25.0. The molecule has 0 fully saturated rings. The van der Waals surface area contributed by atoms with Gasteiger partial charge in [0.2, 0.25) is 5.91 Å². The van der Waals surface area contributed by atoms with Gasteiger partial charge in [0.1, 0.15) is 18.1 Å². The first-order chi connectivity index (χ1) is 22.1. The minimum Gasteiger partial charge on any atom is -0.480 e. The summed E-state index contributed by atoms with van der Waals surface area (Å²) in [7, 11) is 0. The van der Waals surface area contributed by atoms with Crippen molar-refractivity contribution in [3.05, 3.63) is 0 Å². The zero-order valence-electron chi connectivity index (χ0n) is 29.3. The number of carbonyl (C=O) groups is 4. The summed E-state index contributed by atoms with van der Waals surface area (Å²) in [5.41, 5.74) is 5.49. The maximum atomic E-state index is 12.7. The van der Waals surface area contributed by atoms with Crippen LogP contribution in [-0.4, -0.2) is 75.2 Å². The summed E-state index contributed by atoms with van der Waals surface area (Å²) >= 11 is 0. The number of hydrogen-bond donors (Lipinski definition) is 5. The molecule has 0 saturated heterocycles. The van der Waals surface area contributed by atoms with E-state index in [0.717, 1.165) is 38.5 Å². The largest absolute Gasteiger partial charge is 0.480 e. The van der Waals surface area contributed by atoms with Crippen LogP contribution in [0.2, 0.25) is 0 Å². The van der Waals surface area contributed by atoms with Crippen LogP contribution in [0.25, 0.3) is 0 Å². The normalized spacial score (nSPS) is 13.4. The molecule has 10 heteroatoms. The van der Waals surface area contributed by atoms with Crippen LogP contribution < -0.4 is 11.1 Å². The quantitative estimate of drug-likeness (QED) is 0.0440. The SMILES string of the molecule is CCCCCCCCCCCCN(CCCCCCCCCCCC)C(CCC(=O)NC(CCCC(N)C(=O)O)C(=O)O)C(=O)O. The van der Waals surface area contributed by atoms with Crippen molar-refractivity contribution in [3.8, 4) is 0 Å². The highest BCUT2D eigenvalue weighted by molar-refractivity contribution is 5.84. The van der Waals surface area contributed by atoms with Crippen molar-refractivity contribution in [2.24, 2.45) is 5.73 Å². The highest BCUT2D eigenvalue weighted by atomic mass is 16.4. The first kappa shape index (κ1) is 43.8. The third-order valence-corrected chi connectivity index (χ3v) is 8.93. The first-order valence-electron chi connectivity index (χ1n) is 18.6. The molecule has 0 aliphatic carbocycles. The Morgan fingerprint density at radius 1 is 0.543 bits per heavy atom. The molecular weight excluding hydrogens is 586 g/mol. The number of carboxylic acid groups (broad SMARTS) is 3. The van der Waals surface area contributed by atoms with Gasteiger partial charge < -0.3 is 26.4 Å². The van der Waals surface area contributed by atoms with Gasteiger partial charge in [-0.1, -0.05) is 129 Å². The maximum Gasteiger partial charge on any atom is 0.326 e. The number of aliphatic carboxylic acids is 3. The number of nitrogens with one attached hydrogen (secondary N) is 1. The third-order valence-electron chi connectivity index (χ3n) is 8.93. The number of rotatable bonds is 34. The summed E-state index contributed by atoms with van der Waals surface area (Å²) in [6.07, 6.45) is 24.5. The number of carbonyl (C=O) groups excluding carboxylic acids is 1. The van der Waals surface area contributed by atoms with E-state index in [2.05, 4.69) is 19.2 Å². The van der Waals surface area contributed by atoms with Crippen molar-refractivity contribution in [3.63, 3.8) is 0 Å². The molecule has 0 bridgehead atoms. The highest BCUT2D eigenvalue weighted by Gasteiger charge is 2.27. The van der Waals surface area contributed by atoms with Gasteiger partial charge in [-0.05, 0) is 51.6 Å². The van der Waals surface area contributed by atoms with E-state index >= 15 is 0 Å². The summed E-state index contributed by atoms with van der Waals surface area (Å²) in [6.45, 7) is 5.80. The van der Waals surface area contributed by atoms with Crippen molar-refractivity contribution in [2.45, 2.75) is 192 Å². The Morgan fingerprint density at radius 3 is 1.33 bits per heavy atom. The molecule has 1 amide bonds. The zero-order valence-corrected chi connectivity index (χ0v) is 29.3. The molecule has 6 N–H and O–H groups in total. The molecule has 0 aliphatic rings. The second kappa shape index (κ2) is 30.2. The van der Waals surface area contributed by atoms with Crippen molar-refractivity contribution < 1.29 is 34.5 Å². The number of nitrogens with two attached hydrogens (primary N) is 1. The van der Waals surface area contributed by atoms with Crippen molar-refractivity contribution in [2.75, 3.05) is 13.1 Å². The molecule has 0 aromatic rings. The first-order valence-corrected chi connectivity index (χ1v) is 18.6. The van der Waals surface area contributed by atoms with Crippen molar-refractivity contribution in [1.29, 1.82) is 0 Å². The fourth-order valence-electron chi connectivity index (χ4n) is 5.95. The predicted molar refractivity (Wildman–Crippen MR) is 185 cm³/mol. The molecular formula is C36H69N3O7. The Balaban J connectivity index is 4.89. The average Bonchev–Trinajstić information content (AvgIpc) is 3.01. The molecule has 0 aromatic heterocycles. The molecule has 0 saturated carbocycles. The van der Waals surface area contributed by atoms with Gasteiger partial charge in [0, 0.05) is 6.42 Å². The Hall–Kier alpha value is -2.20. The summed E-state index contributed by atoms with van der Waals surface area (Å²) in [4.78, 5) is 49.7. The second-order valence-electron chi connectivity index (χ2n) is 13.1. The minimum absolute atomic E-state index is 0.0496. The van der Waals surface area contributed by atoms with E-state index in [1.165, 1.54) is 89.9 Å². The summed E-state index contributed by atoms with van der Waals surface area (Å²) in [5.74, 6) is -3.84. The monoisotopic (exact) mass is 656 g/mol. The van der Waals surface area contributed by atoms with Crippen LogP contribution in [0.1, 0.15) is 174 Å². The summed E-state index contributed by atoms with van der Waals surface area (Å²) in [5, 5.41) is 31.1. The van der Waals surface area contributed by atoms with Crippen LogP contribution >= 0.6 is 0 Å². The van der Waals surface area contributed by atoms with Gasteiger partial charge in [0.15, 0.2) is 0 Å². The standard InChI is InChI=1S/C36H69N3O7/c1-3-5-7-9-11-13-15-17-19-21-28-39(29-22-20-18-16-14-12-10-8-6-4-2)32(36(45)46)26-27-33(40)38-31(35(43)44)25-23-24-30(37)34(41)42/h30-32H,3-29,37H2,1-2H3,(H,38,40)(H,41,42)(H,43,44)(H,45,46). The molecule has 46 heavy (non-hydrogen) atoms. The number of hydrogen-bond acceptors (Lipinski definition) is 6. The second-order valence-corrected chi connectivity index (χ2v) is 13.1. The topological polar surface area (TPSA) is 170 Å².